The largest absolute Gasteiger partial charge is 0.490 e. The summed E-state index contributed by atoms with van der Waals surface area (Å²) in [7, 11) is 0. The molecule has 0 radical (unpaired) electrons. The SMILES string of the molecule is O=C(Nc1cccc(N2CCN(c3ncnc4ccc(-c5cn[nH]c5)cc34)CC2)c1)c1cccc(F)c1.O=C(O)C(F)(F)F.O=C(O)C(F)(F)F.O=C(O)C(F)(F)F. The predicted octanol–water partition coefficient (Wildman–Crippen LogP) is 6.64. The van der Waals surface area contributed by atoms with Crippen molar-refractivity contribution >= 4 is 51.9 Å². The average Bonchev–Trinajstić information content (AvgIpc) is 3.70. The molecule has 3 aromatic carbocycles. The summed E-state index contributed by atoms with van der Waals surface area (Å²) in [5.74, 6) is -8.13. The summed E-state index contributed by atoms with van der Waals surface area (Å²) in [6.45, 7) is 3.19. The molecule has 1 fully saturated rings. The number of aromatic nitrogens is 4. The van der Waals surface area contributed by atoms with Crippen LogP contribution in [0.3, 0.4) is 0 Å². The Morgan fingerprint density at radius 2 is 1.22 bits per heavy atom. The van der Waals surface area contributed by atoms with Gasteiger partial charge in [0.15, 0.2) is 0 Å². The fourth-order valence-corrected chi connectivity index (χ4v) is 4.67. The lowest BCUT2D eigenvalue weighted by atomic mass is 10.1. The molecule has 14 nitrogen and oxygen atoms in total. The Morgan fingerprint density at radius 3 is 1.74 bits per heavy atom. The number of hydrogen-bond acceptors (Lipinski definition) is 9. The van der Waals surface area contributed by atoms with Crippen molar-refractivity contribution in [3.8, 4) is 11.1 Å². The molecule has 6 rings (SSSR count). The highest BCUT2D eigenvalue weighted by Crippen LogP contribution is 2.30. The van der Waals surface area contributed by atoms with Crippen molar-refractivity contribution in [2.45, 2.75) is 18.5 Å². The van der Waals surface area contributed by atoms with Crippen molar-refractivity contribution in [1.29, 1.82) is 0 Å². The lowest BCUT2D eigenvalue weighted by Gasteiger charge is -2.37. The Kier molecular flexibility index (Phi) is 15.0. The van der Waals surface area contributed by atoms with Gasteiger partial charge in [0, 0.05) is 60.3 Å². The van der Waals surface area contributed by atoms with Gasteiger partial charge in [0.25, 0.3) is 5.91 Å². The molecule has 1 amide bonds. The molecule has 0 atom stereocenters. The second kappa shape index (κ2) is 19.2. The molecule has 0 bridgehead atoms. The first-order valence-corrected chi connectivity index (χ1v) is 15.8. The average molecular weight is 836 g/mol. The van der Waals surface area contributed by atoms with E-state index in [1.807, 2.05) is 42.6 Å². The van der Waals surface area contributed by atoms with Crippen LogP contribution in [0.2, 0.25) is 0 Å². The topological polar surface area (TPSA) is 202 Å². The minimum absolute atomic E-state index is 0.284. The Hall–Kier alpha value is -7.01. The summed E-state index contributed by atoms with van der Waals surface area (Å²) in [6.07, 6.45) is -9.96. The molecule has 0 saturated carbocycles. The van der Waals surface area contributed by atoms with Crippen LogP contribution in [0.15, 0.2) is 85.5 Å². The number of piperazine rings is 1. The number of carbonyl (C=O) groups is 4. The van der Waals surface area contributed by atoms with Gasteiger partial charge in [-0.3, -0.25) is 9.89 Å². The van der Waals surface area contributed by atoms with Crippen LogP contribution in [-0.4, -0.2) is 104 Å². The third-order valence-corrected chi connectivity index (χ3v) is 7.31. The number of carboxylic acids is 3. The molecule has 24 heteroatoms. The molecular weight excluding hydrogens is 808 g/mol. The fraction of sp³-hybridized carbons (Fsp3) is 0.206. The normalized spacial score (nSPS) is 12.8. The van der Waals surface area contributed by atoms with Crippen LogP contribution in [0.4, 0.5) is 61.1 Å². The first kappa shape index (κ1) is 45.4. The van der Waals surface area contributed by atoms with E-state index in [1.165, 1.54) is 18.2 Å². The van der Waals surface area contributed by atoms with Crippen molar-refractivity contribution in [2.75, 3.05) is 41.3 Å². The third-order valence-electron chi connectivity index (χ3n) is 7.31. The maximum absolute atomic E-state index is 13.5. The number of aromatic amines is 1. The zero-order valence-electron chi connectivity index (χ0n) is 28.9. The van der Waals surface area contributed by atoms with Gasteiger partial charge in [0.1, 0.15) is 18.0 Å². The number of anilines is 3. The minimum atomic E-state index is -5.08. The minimum Gasteiger partial charge on any atom is -0.475 e. The quantitative estimate of drug-likeness (QED) is 0.118. The Balaban J connectivity index is 0.000000353. The molecule has 1 aliphatic heterocycles. The van der Waals surface area contributed by atoms with Gasteiger partial charge in [0.05, 0.1) is 11.7 Å². The highest BCUT2D eigenvalue weighted by Gasteiger charge is 2.39. The first-order chi connectivity index (χ1) is 27.0. The summed E-state index contributed by atoms with van der Waals surface area (Å²) < 4.78 is 109. The number of rotatable bonds is 5. The van der Waals surface area contributed by atoms with Gasteiger partial charge in [0.2, 0.25) is 0 Å². The number of aliphatic carboxylic acids is 3. The van der Waals surface area contributed by atoms with Gasteiger partial charge < -0.3 is 30.4 Å². The number of alkyl halides is 9. The standard InChI is InChI=1S/C28H24FN7O.3C2HF3O2/c29-22-4-1-3-20(13-22)28(37)34-23-5-2-6-24(15-23)35-9-11-36(12-10-35)27-25-14-19(21-16-32-33-17-21)7-8-26(25)30-18-31-27;3*3-2(4,5)1(6)7/h1-8,13-18H,9-12H2,(H,32,33)(H,34,37);3*(H,6,7). The zero-order valence-corrected chi connectivity index (χ0v) is 28.9. The Morgan fingerprint density at radius 1 is 0.672 bits per heavy atom. The second-order valence-corrected chi connectivity index (χ2v) is 11.3. The van der Waals surface area contributed by atoms with Crippen LogP contribution in [0.1, 0.15) is 10.4 Å². The molecule has 1 aliphatic rings. The molecule has 0 unspecified atom stereocenters. The van der Waals surface area contributed by atoms with Crippen LogP contribution >= 0.6 is 0 Å². The van der Waals surface area contributed by atoms with Gasteiger partial charge in [-0.1, -0.05) is 18.2 Å². The van der Waals surface area contributed by atoms with Gasteiger partial charge in [-0.15, -0.1) is 0 Å². The lowest BCUT2D eigenvalue weighted by molar-refractivity contribution is -0.193. The number of fused-ring (bicyclic) bond motifs is 1. The van der Waals surface area contributed by atoms with Gasteiger partial charge in [-0.05, 0) is 54.1 Å². The van der Waals surface area contributed by atoms with Gasteiger partial charge >= 0.3 is 36.4 Å². The number of benzene rings is 3. The number of halogens is 10. The van der Waals surface area contributed by atoms with E-state index >= 15 is 0 Å². The number of nitrogens with zero attached hydrogens (tertiary/aromatic N) is 5. The molecular formula is C34H27F10N7O7. The molecule has 5 N–H and O–H groups in total. The Bertz CT molecular complexity index is 2130. The summed E-state index contributed by atoms with van der Waals surface area (Å²) in [5, 5.41) is 32.2. The fourth-order valence-electron chi connectivity index (χ4n) is 4.67. The van der Waals surface area contributed by atoms with Crippen LogP contribution in [0.25, 0.3) is 22.0 Å². The van der Waals surface area contributed by atoms with Crippen LogP contribution < -0.4 is 15.1 Å². The van der Waals surface area contributed by atoms with Crippen LogP contribution in [-0.2, 0) is 14.4 Å². The van der Waals surface area contributed by atoms with Crippen molar-refractivity contribution < 1.29 is 78.4 Å². The maximum Gasteiger partial charge on any atom is 0.490 e. The number of H-pyrrole nitrogens is 1. The van der Waals surface area contributed by atoms with Gasteiger partial charge in [-0.2, -0.15) is 44.6 Å². The number of carbonyl (C=O) groups excluding carboxylic acids is 1. The zero-order chi connectivity index (χ0) is 43.4. The molecule has 310 valence electrons. The summed E-state index contributed by atoms with van der Waals surface area (Å²) in [6, 6.07) is 19.6. The molecule has 0 aliphatic carbocycles. The van der Waals surface area contributed by atoms with Crippen molar-refractivity contribution in [1.82, 2.24) is 20.2 Å². The predicted molar refractivity (Wildman–Crippen MR) is 183 cm³/mol. The van der Waals surface area contributed by atoms with E-state index in [0.29, 0.717) is 5.69 Å². The van der Waals surface area contributed by atoms with E-state index in [9.17, 15) is 48.7 Å². The number of carboxylic acid groups (broad SMARTS) is 3. The first-order valence-electron chi connectivity index (χ1n) is 15.8. The molecule has 0 spiro atoms. The maximum atomic E-state index is 13.5. The Labute approximate surface area is 318 Å². The second-order valence-electron chi connectivity index (χ2n) is 11.3. The van der Waals surface area contributed by atoms with E-state index in [0.717, 1.165) is 59.7 Å². The summed E-state index contributed by atoms with van der Waals surface area (Å²) >= 11 is 0. The van der Waals surface area contributed by atoms with Gasteiger partial charge in [-0.25, -0.2) is 28.7 Å². The van der Waals surface area contributed by atoms with E-state index in [2.05, 4.69) is 41.3 Å². The highest BCUT2D eigenvalue weighted by atomic mass is 19.4. The molecule has 3 heterocycles. The molecule has 2 aromatic heterocycles. The van der Waals surface area contributed by atoms with Crippen molar-refractivity contribution in [2.24, 2.45) is 0 Å². The molecule has 5 aromatic rings. The van der Waals surface area contributed by atoms with Crippen LogP contribution in [0, 0.1) is 5.82 Å². The smallest absolute Gasteiger partial charge is 0.475 e. The lowest BCUT2D eigenvalue weighted by Crippen LogP contribution is -2.47. The van der Waals surface area contributed by atoms with Crippen LogP contribution in [0.5, 0.6) is 0 Å². The van der Waals surface area contributed by atoms with E-state index in [4.69, 9.17) is 29.7 Å². The van der Waals surface area contributed by atoms with E-state index in [1.54, 1.807) is 18.6 Å². The van der Waals surface area contributed by atoms with E-state index in [-0.39, 0.29) is 11.5 Å². The third kappa shape index (κ3) is 13.6. The summed E-state index contributed by atoms with van der Waals surface area (Å²) in [4.78, 5) is 52.9. The molecule has 1 saturated heterocycles. The van der Waals surface area contributed by atoms with Crippen molar-refractivity contribution in [3.05, 3.63) is 96.8 Å². The number of amides is 1. The van der Waals surface area contributed by atoms with E-state index < -0.39 is 42.3 Å². The summed E-state index contributed by atoms with van der Waals surface area (Å²) in [5.41, 5.74) is 4.96. The highest BCUT2D eigenvalue weighted by molar-refractivity contribution is 6.04. The van der Waals surface area contributed by atoms with Crippen molar-refractivity contribution in [3.63, 3.8) is 0 Å². The molecule has 58 heavy (non-hydrogen) atoms. The number of hydrogen-bond donors (Lipinski definition) is 5. The number of nitrogens with one attached hydrogen (secondary N) is 2. The monoisotopic (exact) mass is 835 g/mol.